The largest absolute Gasteiger partial charge is 0.324 e. The van der Waals surface area contributed by atoms with Gasteiger partial charge in [-0.2, -0.15) is 0 Å². The average molecular weight is 331 g/mol. The molecule has 0 spiro atoms. The highest BCUT2D eigenvalue weighted by atomic mass is 16.2. The number of benzene rings is 2. The fourth-order valence-corrected chi connectivity index (χ4v) is 3.71. The Morgan fingerprint density at radius 2 is 1.96 bits per heavy atom. The number of aromatic nitrogens is 2. The van der Waals surface area contributed by atoms with Crippen molar-refractivity contribution in [2.24, 2.45) is 0 Å². The molecule has 25 heavy (non-hydrogen) atoms. The van der Waals surface area contributed by atoms with Crippen molar-refractivity contribution in [1.82, 2.24) is 9.55 Å². The third kappa shape index (κ3) is 2.64. The number of allylic oxidation sites excluding steroid dienone is 1. The first-order chi connectivity index (χ1) is 12.2. The van der Waals surface area contributed by atoms with Crippen molar-refractivity contribution in [1.29, 1.82) is 0 Å². The molecular weight excluding hydrogens is 310 g/mol. The van der Waals surface area contributed by atoms with Crippen molar-refractivity contribution in [2.45, 2.75) is 25.8 Å². The number of imidazole rings is 1. The number of hydrogen-bond acceptors (Lipinski definition) is 2. The monoisotopic (exact) mass is 331 g/mol. The first-order valence-corrected chi connectivity index (χ1v) is 8.61. The van der Waals surface area contributed by atoms with Gasteiger partial charge in [0.1, 0.15) is 5.82 Å². The zero-order valence-electron chi connectivity index (χ0n) is 14.4. The lowest BCUT2D eigenvalue weighted by molar-refractivity contribution is -0.117. The van der Waals surface area contributed by atoms with Crippen LogP contribution in [0.3, 0.4) is 0 Å². The van der Waals surface area contributed by atoms with Crippen LogP contribution >= 0.6 is 0 Å². The average Bonchev–Trinajstić information content (AvgIpc) is 3.17. The van der Waals surface area contributed by atoms with Gasteiger partial charge in [-0.25, -0.2) is 4.98 Å². The van der Waals surface area contributed by atoms with Crippen LogP contribution in [-0.4, -0.2) is 22.0 Å². The van der Waals surface area contributed by atoms with E-state index in [1.54, 1.807) is 0 Å². The highest BCUT2D eigenvalue weighted by Crippen LogP contribution is 2.34. The van der Waals surface area contributed by atoms with E-state index in [-0.39, 0.29) is 11.8 Å². The second kappa shape index (κ2) is 6.20. The molecule has 4 heteroatoms. The zero-order valence-corrected chi connectivity index (χ0v) is 14.4. The number of para-hydroxylation sites is 3. The topological polar surface area (TPSA) is 38.1 Å². The number of hydrogen-bond donors (Lipinski definition) is 0. The molecule has 0 N–H and O–H groups in total. The Morgan fingerprint density at radius 1 is 1.20 bits per heavy atom. The minimum atomic E-state index is 0.0967. The third-order valence-corrected chi connectivity index (χ3v) is 4.89. The van der Waals surface area contributed by atoms with Crippen LogP contribution in [0.1, 0.15) is 23.7 Å². The minimum absolute atomic E-state index is 0.0967. The van der Waals surface area contributed by atoms with Gasteiger partial charge in [0.15, 0.2) is 0 Å². The number of amides is 1. The molecule has 2 heterocycles. The van der Waals surface area contributed by atoms with Gasteiger partial charge in [0, 0.05) is 31.1 Å². The van der Waals surface area contributed by atoms with E-state index in [0.29, 0.717) is 19.5 Å². The Labute approximate surface area is 147 Å². The Kier molecular flexibility index (Phi) is 3.88. The summed E-state index contributed by atoms with van der Waals surface area (Å²) in [5.74, 6) is 1.24. The predicted molar refractivity (Wildman–Crippen MR) is 101 cm³/mol. The van der Waals surface area contributed by atoms with Gasteiger partial charge in [-0.1, -0.05) is 36.4 Å². The van der Waals surface area contributed by atoms with Gasteiger partial charge >= 0.3 is 0 Å². The van der Waals surface area contributed by atoms with Gasteiger partial charge < -0.3 is 9.47 Å². The van der Waals surface area contributed by atoms with E-state index >= 15 is 0 Å². The molecule has 4 nitrogen and oxygen atoms in total. The molecule has 0 saturated carbocycles. The summed E-state index contributed by atoms with van der Waals surface area (Å²) in [6.07, 6.45) is 2.38. The molecule has 3 aromatic rings. The molecule has 1 amide bonds. The number of nitrogens with zero attached hydrogens (tertiary/aromatic N) is 3. The number of fused-ring (bicyclic) bond motifs is 1. The summed E-state index contributed by atoms with van der Waals surface area (Å²) >= 11 is 0. The van der Waals surface area contributed by atoms with E-state index in [0.717, 1.165) is 28.1 Å². The lowest BCUT2D eigenvalue weighted by Crippen LogP contribution is -2.25. The van der Waals surface area contributed by atoms with Crippen LogP contribution in [0.15, 0.2) is 61.2 Å². The van der Waals surface area contributed by atoms with Gasteiger partial charge in [-0.3, -0.25) is 4.79 Å². The molecule has 0 aliphatic carbocycles. The molecule has 2 aromatic carbocycles. The van der Waals surface area contributed by atoms with Crippen LogP contribution in [0.4, 0.5) is 5.69 Å². The zero-order chi connectivity index (χ0) is 17.4. The van der Waals surface area contributed by atoms with E-state index in [1.165, 1.54) is 0 Å². The molecule has 0 radical (unpaired) electrons. The summed E-state index contributed by atoms with van der Waals surface area (Å²) in [7, 11) is 0. The van der Waals surface area contributed by atoms with Gasteiger partial charge in [-0.05, 0) is 30.7 Å². The third-order valence-electron chi connectivity index (χ3n) is 4.89. The highest BCUT2D eigenvalue weighted by molar-refractivity contribution is 5.97. The maximum atomic E-state index is 12.7. The Hall–Kier alpha value is -2.88. The van der Waals surface area contributed by atoms with E-state index in [2.05, 4.69) is 17.2 Å². The molecule has 1 atom stereocenters. The summed E-state index contributed by atoms with van der Waals surface area (Å²) in [6, 6.07) is 16.2. The highest BCUT2D eigenvalue weighted by Gasteiger charge is 2.35. The van der Waals surface area contributed by atoms with Crippen LogP contribution in [0.5, 0.6) is 0 Å². The van der Waals surface area contributed by atoms with E-state index in [1.807, 2.05) is 60.4 Å². The smallest absolute Gasteiger partial charge is 0.227 e. The fraction of sp³-hybridized carbons (Fsp3) is 0.238. The molecule has 1 aliphatic rings. The normalized spacial score (nSPS) is 17.4. The van der Waals surface area contributed by atoms with Crippen molar-refractivity contribution < 1.29 is 4.79 Å². The molecule has 0 bridgehead atoms. The first kappa shape index (κ1) is 15.6. The van der Waals surface area contributed by atoms with Crippen LogP contribution in [0.2, 0.25) is 0 Å². The van der Waals surface area contributed by atoms with Crippen molar-refractivity contribution in [3.8, 4) is 0 Å². The summed E-state index contributed by atoms with van der Waals surface area (Å²) in [6.45, 7) is 7.29. The summed E-state index contributed by atoms with van der Waals surface area (Å²) < 4.78 is 2.18. The molecule has 126 valence electrons. The Morgan fingerprint density at radius 3 is 2.76 bits per heavy atom. The summed E-state index contributed by atoms with van der Waals surface area (Å²) in [5, 5.41) is 0. The molecular formula is C21H21N3O. The van der Waals surface area contributed by atoms with Crippen molar-refractivity contribution in [3.05, 3.63) is 72.6 Å². The quantitative estimate of drug-likeness (QED) is 0.676. The summed E-state index contributed by atoms with van der Waals surface area (Å²) in [4.78, 5) is 19.4. The SMILES string of the molecule is C=CCn1c([C@H]2CC(=O)N(c3ccccc3C)C2)nc2ccccc21. The molecule has 1 aliphatic heterocycles. The van der Waals surface area contributed by atoms with Crippen LogP contribution in [-0.2, 0) is 11.3 Å². The number of rotatable bonds is 4. The van der Waals surface area contributed by atoms with Crippen molar-refractivity contribution in [2.75, 3.05) is 11.4 Å². The predicted octanol–water partition coefficient (Wildman–Crippen LogP) is 4.05. The molecule has 1 saturated heterocycles. The first-order valence-electron chi connectivity index (χ1n) is 8.61. The van der Waals surface area contributed by atoms with Crippen molar-refractivity contribution >= 4 is 22.6 Å². The second-order valence-corrected chi connectivity index (χ2v) is 6.55. The lowest BCUT2D eigenvalue weighted by Gasteiger charge is -2.19. The van der Waals surface area contributed by atoms with Crippen LogP contribution in [0, 0.1) is 6.92 Å². The van der Waals surface area contributed by atoms with E-state index in [4.69, 9.17) is 4.98 Å². The standard InChI is InChI=1S/C21H21N3O/c1-3-12-23-19-11-7-5-9-17(19)22-21(23)16-13-20(25)24(14-16)18-10-6-4-8-15(18)2/h3-11,16H,1,12-14H2,2H3/t16-/m0/s1. The van der Waals surface area contributed by atoms with Crippen LogP contribution < -0.4 is 4.90 Å². The van der Waals surface area contributed by atoms with Crippen LogP contribution in [0.25, 0.3) is 11.0 Å². The van der Waals surface area contributed by atoms with Crippen molar-refractivity contribution in [3.63, 3.8) is 0 Å². The van der Waals surface area contributed by atoms with E-state index < -0.39 is 0 Å². The summed E-state index contributed by atoms with van der Waals surface area (Å²) in [5.41, 5.74) is 4.19. The fourth-order valence-electron chi connectivity index (χ4n) is 3.71. The second-order valence-electron chi connectivity index (χ2n) is 6.55. The number of carbonyl (C=O) groups excluding carboxylic acids is 1. The number of carbonyl (C=O) groups is 1. The molecule has 4 rings (SSSR count). The molecule has 0 unspecified atom stereocenters. The lowest BCUT2D eigenvalue weighted by atomic mass is 10.1. The number of anilines is 1. The minimum Gasteiger partial charge on any atom is -0.324 e. The molecule has 1 fully saturated rings. The maximum absolute atomic E-state index is 12.7. The van der Waals surface area contributed by atoms with Gasteiger partial charge in [0.2, 0.25) is 5.91 Å². The van der Waals surface area contributed by atoms with E-state index in [9.17, 15) is 4.79 Å². The Balaban J connectivity index is 1.73. The van der Waals surface area contributed by atoms with Gasteiger partial charge in [-0.15, -0.1) is 6.58 Å². The Bertz CT molecular complexity index is 957. The van der Waals surface area contributed by atoms with Gasteiger partial charge in [0.25, 0.3) is 0 Å². The maximum Gasteiger partial charge on any atom is 0.227 e. The van der Waals surface area contributed by atoms with Gasteiger partial charge in [0.05, 0.1) is 11.0 Å². The number of aryl methyl sites for hydroxylation is 1. The molecule has 1 aromatic heterocycles.